The van der Waals surface area contributed by atoms with E-state index in [1.165, 1.54) is 18.4 Å². The predicted molar refractivity (Wildman–Crippen MR) is 64.5 cm³/mol. The number of hydrogen-bond donors (Lipinski definition) is 1. The molecule has 0 radical (unpaired) electrons. The van der Waals surface area contributed by atoms with Crippen LogP contribution in [0.1, 0.15) is 36.8 Å². The summed E-state index contributed by atoms with van der Waals surface area (Å²) in [6.07, 6.45) is 4.57. The van der Waals surface area contributed by atoms with Crippen molar-refractivity contribution in [1.29, 1.82) is 0 Å². The van der Waals surface area contributed by atoms with Crippen molar-refractivity contribution in [3.63, 3.8) is 0 Å². The number of aliphatic hydroxyl groups is 1. The van der Waals surface area contributed by atoms with Gasteiger partial charge in [0.2, 0.25) is 0 Å². The van der Waals surface area contributed by atoms with Gasteiger partial charge in [-0.15, -0.1) is 11.3 Å². The highest BCUT2D eigenvalue weighted by Gasteiger charge is 2.31. The van der Waals surface area contributed by atoms with Gasteiger partial charge in [-0.3, -0.25) is 4.79 Å². The number of carbonyl (C=O) groups excluding carboxylic acids is 1. The van der Waals surface area contributed by atoms with Crippen molar-refractivity contribution in [1.82, 2.24) is 4.98 Å². The van der Waals surface area contributed by atoms with E-state index in [9.17, 15) is 9.90 Å². The molecule has 17 heavy (non-hydrogen) atoms. The first-order valence-electron chi connectivity index (χ1n) is 5.87. The second kappa shape index (κ2) is 5.60. The molecule has 0 saturated heterocycles. The molecule has 1 atom stereocenters. The van der Waals surface area contributed by atoms with Crippen LogP contribution in [0.5, 0.6) is 0 Å². The minimum Gasteiger partial charge on any atom is -0.469 e. The summed E-state index contributed by atoms with van der Waals surface area (Å²) in [7, 11) is 1.43. The molecule has 1 aliphatic carbocycles. The molecule has 1 unspecified atom stereocenters. The first kappa shape index (κ1) is 12.5. The molecule has 0 amide bonds. The van der Waals surface area contributed by atoms with Crippen molar-refractivity contribution in [2.24, 2.45) is 11.8 Å². The second-order valence-electron chi connectivity index (χ2n) is 4.45. The summed E-state index contributed by atoms with van der Waals surface area (Å²) in [4.78, 5) is 15.5. The lowest BCUT2D eigenvalue weighted by Gasteiger charge is -2.29. The SMILES string of the molecule is COC(=O)C1CCC(C(O)c2nccs2)CC1. The molecule has 94 valence electrons. The van der Waals surface area contributed by atoms with Gasteiger partial charge in [0.25, 0.3) is 0 Å². The molecule has 0 spiro atoms. The molecule has 5 heteroatoms. The first-order chi connectivity index (χ1) is 8.22. The number of methoxy groups -OCH3 is 1. The standard InChI is InChI=1S/C12H17NO3S/c1-16-12(15)9-4-2-8(3-5-9)10(14)11-13-6-7-17-11/h6-10,14H,2-5H2,1H3. The average molecular weight is 255 g/mol. The monoisotopic (exact) mass is 255 g/mol. The van der Waals surface area contributed by atoms with Crippen LogP contribution in [0, 0.1) is 11.8 Å². The summed E-state index contributed by atoms with van der Waals surface area (Å²) < 4.78 is 4.75. The number of nitrogens with zero attached hydrogens (tertiary/aromatic N) is 1. The molecule has 1 aromatic heterocycles. The molecule has 1 N–H and O–H groups in total. The fourth-order valence-corrected chi connectivity index (χ4v) is 3.13. The highest BCUT2D eigenvalue weighted by molar-refractivity contribution is 7.09. The minimum absolute atomic E-state index is 0.0137. The van der Waals surface area contributed by atoms with Crippen LogP contribution in [0.2, 0.25) is 0 Å². The van der Waals surface area contributed by atoms with Crippen molar-refractivity contribution in [3.8, 4) is 0 Å². The Balaban J connectivity index is 1.89. The van der Waals surface area contributed by atoms with Gasteiger partial charge in [0.15, 0.2) is 0 Å². The summed E-state index contributed by atoms with van der Waals surface area (Å²) in [6, 6.07) is 0. The fourth-order valence-electron chi connectivity index (χ4n) is 2.42. The van der Waals surface area contributed by atoms with Crippen molar-refractivity contribution in [2.45, 2.75) is 31.8 Å². The van der Waals surface area contributed by atoms with Crippen molar-refractivity contribution >= 4 is 17.3 Å². The summed E-state index contributed by atoms with van der Waals surface area (Å²) in [5.41, 5.74) is 0. The number of ether oxygens (including phenoxy) is 1. The quantitative estimate of drug-likeness (QED) is 0.841. The summed E-state index contributed by atoms with van der Waals surface area (Å²) in [6.45, 7) is 0. The number of carbonyl (C=O) groups is 1. The van der Waals surface area contributed by atoms with Gasteiger partial charge in [0.1, 0.15) is 11.1 Å². The highest BCUT2D eigenvalue weighted by atomic mass is 32.1. The maximum atomic E-state index is 11.4. The van der Waals surface area contributed by atoms with E-state index < -0.39 is 6.10 Å². The molecule has 0 aliphatic heterocycles. The fraction of sp³-hybridized carbons (Fsp3) is 0.667. The van der Waals surface area contributed by atoms with Crippen LogP contribution in [0.3, 0.4) is 0 Å². The van der Waals surface area contributed by atoms with E-state index in [-0.39, 0.29) is 17.8 Å². The number of aromatic nitrogens is 1. The first-order valence-corrected chi connectivity index (χ1v) is 6.75. The van der Waals surface area contributed by atoms with E-state index in [2.05, 4.69) is 4.98 Å². The van der Waals surface area contributed by atoms with E-state index in [1.807, 2.05) is 5.38 Å². The maximum Gasteiger partial charge on any atom is 0.308 e. The Kier molecular flexibility index (Phi) is 4.12. The Bertz CT molecular complexity index is 358. The number of thiazole rings is 1. The van der Waals surface area contributed by atoms with Crippen LogP contribution in [-0.4, -0.2) is 23.2 Å². The van der Waals surface area contributed by atoms with Crippen molar-refractivity contribution in [2.75, 3.05) is 7.11 Å². The Hall–Kier alpha value is -0.940. The van der Waals surface area contributed by atoms with E-state index in [1.54, 1.807) is 6.20 Å². The van der Waals surface area contributed by atoms with Crippen LogP contribution < -0.4 is 0 Å². The third-order valence-corrected chi connectivity index (χ3v) is 4.30. The van der Waals surface area contributed by atoms with Gasteiger partial charge in [0.05, 0.1) is 13.0 Å². The third-order valence-electron chi connectivity index (χ3n) is 3.46. The maximum absolute atomic E-state index is 11.4. The molecule has 0 aromatic carbocycles. The topological polar surface area (TPSA) is 59.4 Å². The Labute approximate surface area is 105 Å². The Morgan fingerprint density at radius 1 is 1.53 bits per heavy atom. The summed E-state index contributed by atoms with van der Waals surface area (Å²) in [5, 5.41) is 12.8. The van der Waals surface area contributed by atoms with Crippen molar-refractivity contribution < 1.29 is 14.6 Å². The van der Waals surface area contributed by atoms with Crippen LogP contribution in [0.25, 0.3) is 0 Å². The number of esters is 1. The molecule has 1 aromatic rings. The van der Waals surface area contributed by atoms with E-state index >= 15 is 0 Å². The smallest absolute Gasteiger partial charge is 0.308 e. The molecular weight excluding hydrogens is 238 g/mol. The number of rotatable bonds is 3. The van der Waals surface area contributed by atoms with Gasteiger partial charge in [-0.2, -0.15) is 0 Å². The lowest BCUT2D eigenvalue weighted by Crippen LogP contribution is -2.25. The highest BCUT2D eigenvalue weighted by Crippen LogP contribution is 2.37. The predicted octanol–water partition coefficient (Wildman–Crippen LogP) is 2.16. The molecule has 2 rings (SSSR count). The Morgan fingerprint density at radius 2 is 2.24 bits per heavy atom. The number of aliphatic hydroxyl groups excluding tert-OH is 1. The van der Waals surface area contributed by atoms with E-state index in [0.29, 0.717) is 0 Å². The van der Waals surface area contributed by atoms with Gasteiger partial charge < -0.3 is 9.84 Å². The van der Waals surface area contributed by atoms with Crippen molar-refractivity contribution in [3.05, 3.63) is 16.6 Å². The van der Waals surface area contributed by atoms with Gasteiger partial charge in [-0.05, 0) is 31.6 Å². The van der Waals surface area contributed by atoms with Crippen LogP contribution in [0.15, 0.2) is 11.6 Å². The van der Waals surface area contributed by atoms with E-state index in [4.69, 9.17) is 4.74 Å². The Morgan fingerprint density at radius 3 is 2.76 bits per heavy atom. The van der Waals surface area contributed by atoms with Gasteiger partial charge in [0, 0.05) is 11.6 Å². The second-order valence-corrected chi connectivity index (χ2v) is 5.38. The number of hydrogen-bond acceptors (Lipinski definition) is 5. The molecule has 1 heterocycles. The molecule has 1 saturated carbocycles. The van der Waals surface area contributed by atoms with Crippen LogP contribution >= 0.6 is 11.3 Å². The normalized spacial score (nSPS) is 26.5. The molecule has 0 bridgehead atoms. The zero-order chi connectivity index (χ0) is 12.3. The lowest BCUT2D eigenvalue weighted by atomic mass is 9.79. The van der Waals surface area contributed by atoms with Gasteiger partial charge >= 0.3 is 5.97 Å². The minimum atomic E-state index is -0.478. The zero-order valence-electron chi connectivity index (χ0n) is 9.83. The molecule has 1 aliphatic rings. The summed E-state index contributed by atoms with van der Waals surface area (Å²) >= 11 is 1.48. The third kappa shape index (κ3) is 2.84. The zero-order valence-corrected chi connectivity index (χ0v) is 10.7. The van der Waals surface area contributed by atoms with Gasteiger partial charge in [-0.25, -0.2) is 4.98 Å². The largest absolute Gasteiger partial charge is 0.469 e. The molecule has 1 fully saturated rings. The van der Waals surface area contributed by atoms with E-state index in [0.717, 1.165) is 30.7 Å². The average Bonchev–Trinajstić information content (AvgIpc) is 2.91. The van der Waals surface area contributed by atoms with Crippen LogP contribution in [-0.2, 0) is 9.53 Å². The molecule has 4 nitrogen and oxygen atoms in total. The lowest BCUT2D eigenvalue weighted by molar-refractivity contribution is -0.147. The van der Waals surface area contributed by atoms with Gasteiger partial charge in [-0.1, -0.05) is 0 Å². The molecular formula is C12H17NO3S. The van der Waals surface area contributed by atoms with Crippen LogP contribution in [0.4, 0.5) is 0 Å². The summed E-state index contributed by atoms with van der Waals surface area (Å²) in [5.74, 6) is 0.119.